The second kappa shape index (κ2) is 4.68. The Kier molecular flexibility index (Phi) is 3.00. The number of hydrogen-bond donors (Lipinski definition) is 3. The van der Waals surface area contributed by atoms with Crippen molar-refractivity contribution in [3.8, 4) is 0 Å². The quantitative estimate of drug-likeness (QED) is 0.738. The van der Waals surface area contributed by atoms with Gasteiger partial charge in [-0.05, 0) is 12.1 Å². The van der Waals surface area contributed by atoms with Crippen LogP contribution >= 0.6 is 0 Å². The summed E-state index contributed by atoms with van der Waals surface area (Å²) in [4.78, 5) is 17.3. The number of aliphatic hydroxyl groups excluding tert-OH is 1. The first kappa shape index (κ1) is 12.2. The highest BCUT2D eigenvalue weighted by Gasteiger charge is 2.32. The molecule has 1 fully saturated rings. The van der Waals surface area contributed by atoms with Gasteiger partial charge in [0, 0.05) is 31.7 Å². The molecule has 3 N–H and O–H groups in total. The van der Waals surface area contributed by atoms with E-state index in [1.165, 1.54) is 0 Å². The monoisotopic (exact) mass is 259 g/mol. The van der Waals surface area contributed by atoms with E-state index in [9.17, 15) is 9.90 Å². The van der Waals surface area contributed by atoms with Crippen LogP contribution in [0.4, 0.5) is 0 Å². The molecule has 2 heterocycles. The Morgan fingerprint density at radius 3 is 2.95 bits per heavy atom. The Labute approximate surface area is 111 Å². The summed E-state index contributed by atoms with van der Waals surface area (Å²) in [7, 11) is 1.74. The molecular formula is C14H17N3O2. The number of hydrogen-bond acceptors (Lipinski definition) is 3. The van der Waals surface area contributed by atoms with E-state index in [1.54, 1.807) is 11.9 Å². The average Bonchev–Trinajstić information content (AvgIpc) is 3.04. The molecule has 0 spiro atoms. The normalized spacial score (nSPS) is 22.8. The molecule has 1 aromatic carbocycles. The molecule has 2 aromatic rings. The van der Waals surface area contributed by atoms with Gasteiger partial charge in [0.25, 0.3) is 5.91 Å². The number of β-amino-alcohol motifs (C(OH)–C–C–N with tert-alkyl or cyclic N) is 1. The van der Waals surface area contributed by atoms with Crippen molar-refractivity contribution in [2.45, 2.75) is 12.1 Å². The molecule has 1 amide bonds. The molecule has 0 saturated carbocycles. The van der Waals surface area contributed by atoms with E-state index >= 15 is 0 Å². The molecule has 19 heavy (non-hydrogen) atoms. The first-order chi connectivity index (χ1) is 9.18. The number of aliphatic hydroxyl groups is 1. The summed E-state index contributed by atoms with van der Waals surface area (Å²) in [6.45, 7) is 1.17. The van der Waals surface area contributed by atoms with Crippen LogP contribution in [0, 0.1) is 0 Å². The van der Waals surface area contributed by atoms with Gasteiger partial charge in [-0.2, -0.15) is 0 Å². The zero-order valence-corrected chi connectivity index (χ0v) is 10.8. The summed E-state index contributed by atoms with van der Waals surface area (Å²) < 4.78 is 0. The van der Waals surface area contributed by atoms with Gasteiger partial charge in [0.1, 0.15) is 0 Å². The maximum absolute atomic E-state index is 12.6. The van der Waals surface area contributed by atoms with E-state index in [-0.39, 0.29) is 11.9 Å². The van der Waals surface area contributed by atoms with Gasteiger partial charge in [-0.1, -0.05) is 12.1 Å². The zero-order chi connectivity index (χ0) is 13.4. The molecule has 1 aromatic heterocycles. The van der Waals surface area contributed by atoms with Crippen molar-refractivity contribution < 1.29 is 9.90 Å². The van der Waals surface area contributed by atoms with Gasteiger partial charge >= 0.3 is 0 Å². The lowest BCUT2D eigenvalue weighted by Gasteiger charge is -2.26. The molecule has 1 saturated heterocycles. The lowest BCUT2D eigenvalue weighted by Crippen LogP contribution is -2.44. The van der Waals surface area contributed by atoms with Gasteiger partial charge in [0.2, 0.25) is 0 Å². The minimum Gasteiger partial charge on any atom is -0.390 e. The molecule has 3 rings (SSSR count). The number of amides is 1. The Bertz CT molecular complexity index is 608. The third-order valence-corrected chi connectivity index (χ3v) is 3.79. The number of aromatic amines is 1. The molecule has 2 atom stereocenters. The highest BCUT2D eigenvalue weighted by molar-refractivity contribution is 6.05. The van der Waals surface area contributed by atoms with Crippen LogP contribution in [-0.4, -0.2) is 53.2 Å². The molecule has 0 radical (unpaired) electrons. The number of nitrogens with zero attached hydrogens (tertiary/aromatic N) is 1. The summed E-state index contributed by atoms with van der Waals surface area (Å²) in [5, 5.41) is 14.0. The van der Waals surface area contributed by atoms with Gasteiger partial charge in [0.15, 0.2) is 0 Å². The second-order valence-corrected chi connectivity index (χ2v) is 4.96. The van der Waals surface area contributed by atoms with Crippen molar-refractivity contribution in [2.24, 2.45) is 0 Å². The smallest absolute Gasteiger partial charge is 0.256 e. The Hall–Kier alpha value is -1.85. The number of fused-ring (bicyclic) bond motifs is 1. The summed E-state index contributed by atoms with van der Waals surface area (Å²) in [5.41, 5.74) is 1.49. The van der Waals surface area contributed by atoms with Crippen molar-refractivity contribution in [3.63, 3.8) is 0 Å². The van der Waals surface area contributed by atoms with Gasteiger partial charge in [0.05, 0.1) is 23.2 Å². The van der Waals surface area contributed by atoms with Gasteiger partial charge in [-0.3, -0.25) is 4.79 Å². The van der Waals surface area contributed by atoms with Crippen molar-refractivity contribution in [1.82, 2.24) is 15.2 Å². The van der Waals surface area contributed by atoms with E-state index in [1.807, 2.05) is 30.5 Å². The highest BCUT2D eigenvalue weighted by atomic mass is 16.3. The van der Waals surface area contributed by atoms with Crippen molar-refractivity contribution >= 4 is 16.8 Å². The number of benzene rings is 1. The number of carbonyl (C=O) groups is 1. The number of aromatic nitrogens is 1. The van der Waals surface area contributed by atoms with Crippen LogP contribution in [0.2, 0.25) is 0 Å². The Morgan fingerprint density at radius 1 is 1.37 bits per heavy atom. The van der Waals surface area contributed by atoms with Crippen LogP contribution in [0.15, 0.2) is 30.5 Å². The van der Waals surface area contributed by atoms with E-state index in [0.29, 0.717) is 18.7 Å². The molecule has 0 bridgehead atoms. The molecule has 1 aliphatic heterocycles. The van der Waals surface area contributed by atoms with E-state index in [4.69, 9.17) is 0 Å². The fourth-order valence-corrected chi connectivity index (χ4v) is 2.65. The Morgan fingerprint density at radius 2 is 2.21 bits per heavy atom. The molecule has 5 nitrogen and oxygen atoms in total. The van der Waals surface area contributed by atoms with Crippen molar-refractivity contribution in [1.29, 1.82) is 0 Å². The fourth-order valence-electron chi connectivity index (χ4n) is 2.65. The third kappa shape index (κ3) is 2.01. The summed E-state index contributed by atoms with van der Waals surface area (Å²) >= 11 is 0. The molecular weight excluding hydrogens is 242 g/mol. The van der Waals surface area contributed by atoms with Gasteiger partial charge < -0.3 is 20.3 Å². The van der Waals surface area contributed by atoms with Crippen molar-refractivity contribution in [3.05, 3.63) is 36.0 Å². The molecule has 5 heteroatoms. The zero-order valence-electron chi connectivity index (χ0n) is 10.8. The number of carbonyl (C=O) groups excluding carboxylic acids is 1. The van der Waals surface area contributed by atoms with Crippen LogP contribution in [0.5, 0.6) is 0 Å². The highest BCUT2D eigenvalue weighted by Crippen LogP contribution is 2.20. The number of para-hydroxylation sites is 1. The van der Waals surface area contributed by atoms with Crippen molar-refractivity contribution in [2.75, 3.05) is 20.1 Å². The summed E-state index contributed by atoms with van der Waals surface area (Å²) in [5.74, 6) is -0.0687. The minimum atomic E-state index is -0.503. The predicted octanol–water partition coefficient (Wildman–Crippen LogP) is 0.573. The third-order valence-electron chi connectivity index (χ3n) is 3.79. The molecule has 0 aliphatic carbocycles. The number of rotatable bonds is 2. The lowest BCUT2D eigenvalue weighted by molar-refractivity contribution is 0.0583. The number of H-pyrrole nitrogens is 1. The minimum absolute atomic E-state index is 0.0687. The van der Waals surface area contributed by atoms with E-state index in [2.05, 4.69) is 10.3 Å². The van der Waals surface area contributed by atoms with E-state index in [0.717, 1.165) is 10.9 Å². The number of nitrogens with one attached hydrogen (secondary N) is 2. The fraction of sp³-hybridized carbons (Fsp3) is 0.357. The van der Waals surface area contributed by atoms with Crippen LogP contribution in [0.1, 0.15) is 10.4 Å². The second-order valence-electron chi connectivity index (χ2n) is 4.96. The lowest BCUT2D eigenvalue weighted by atomic mass is 10.1. The maximum Gasteiger partial charge on any atom is 0.256 e. The maximum atomic E-state index is 12.6. The van der Waals surface area contributed by atoms with Crippen LogP contribution in [-0.2, 0) is 0 Å². The summed E-state index contributed by atoms with van der Waals surface area (Å²) in [6, 6.07) is 7.43. The van der Waals surface area contributed by atoms with E-state index < -0.39 is 6.10 Å². The largest absolute Gasteiger partial charge is 0.390 e. The topological polar surface area (TPSA) is 68.4 Å². The summed E-state index contributed by atoms with van der Waals surface area (Å²) in [6.07, 6.45) is 1.32. The SMILES string of the molecule is CN(C(=O)c1cccc2cc[nH]c12)[C@H]1CNC[C@@H]1O. The van der Waals surface area contributed by atoms with Crippen LogP contribution in [0.25, 0.3) is 10.9 Å². The molecule has 0 unspecified atom stereocenters. The predicted molar refractivity (Wildman–Crippen MR) is 73.1 cm³/mol. The van der Waals surface area contributed by atoms with Gasteiger partial charge in [-0.15, -0.1) is 0 Å². The first-order valence-electron chi connectivity index (χ1n) is 6.40. The Balaban J connectivity index is 1.93. The molecule has 1 aliphatic rings. The van der Waals surface area contributed by atoms with Gasteiger partial charge in [-0.25, -0.2) is 0 Å². The number of likely N-dealkylation sites (N-methyl/N-ethyl adjacent to an activating group) is 1. The van der Waals surface area contributed by atoms with Crippen LogP contribution in [0.3, 0.4) is 0 Å². The average molecular weight is 259 g/mol. The van der Waals surface area contributed by atoms with Crippen LogP contribution < -0.4 is 5.32 Å². The molecule has 100 valence electrons. The first-order valence-corrected chi connectivity index (χ1v) is 6.40. The standard InChI is InChI=1S/C14H17N3O2/c1-17(11-7-15-8-12(11)18)14(19)10-4-2-3-9-5-6-16-13(9)10/h2-6,11-12,15-16,18H,7-8H2,1H3/t11-,12-/m0/s1.